The summed E-state index contributed by atoms with van der Waals surface area (Å²) in [7, 11) is 1.96. The molecule has 2 heterocycles. The van der Waals surface area contributed by atoms with Crippen LogP contribution in [0.1, 0.15) is 30.9 Å². The summed E-state index contributed by atoms with van der Waals surface area (Å²) in [6.07, 6.45) is 3.25. The summed E-state index contributed by atoms with van der Waals surface area (Å²) in [5.41, 5.74) is 1.34. The number of nitrogens with one attached hydrogen (secondary N) is 1. The Hall–Kier alpha value is -1.43. The fourth-order valence-electron chi connectivity index (χ4n) is 4.24. The number of aliphatic hydroxyl groups excluding tert-OH is 1. The Morgan fingerprint density at radius 2 is 2.12 bits per heavy atom. The summed E-state index contributed by atoms with van der Waals surface area (Å²) in [5.74, 6) is 0.295. The summed E-state index contributed by atoms with van der Waals surface area (Å²) in [4.78, 5) is 17.3. The van der Waals surface area contributed by atoms with Crippen LogP contribution in [0.15, 0.2) is 30.3 Å². The lowest BCUT2D eigenvalue weighted by atomic mass is 9.93. The van der Waals surface area contributed by atoms with Crippen LogP contribution in [0.25, 0.3) is 0 Å². The predicted octanol–water partition coefficient (Wildman–Crippen LogP) is 1.25. The topological polar surface area (TPSA) is 55.8 Å². The zero-order valence-electron chi connectivity index (χ0n) is 14.5. The van der Waals surface area contributed by atoms with E-state index in [0.717, 1.165) is 25.9 Å². The lowest BCUT2D eigenvalue weighted by Gasteiger charge is -2.24. The number of amides is 1. The molecule has 5 nitrogen and oxygen atoms in total. The van der Waals surface area contributed by atoms with Gasteiger partial charge in [-0.3, -0.25) is 9.69 Å². The summed E-state index contributed by atoms with van der Waals surface area (Å²) in [6, 6.07) is 11.4. The van der Waals surface area contributed by atoms with Crippen molar-refractivity contribution in [2.45, 2.75) is 31.3 Å². The minimum Gasteiger partial charge on any atom is -0.395 e. The number of likely N-dealkylation sites (N-methyl/N-ethyl adjacent to an activating group) is 1. The third-order valence-corrected chi connectivity index (χ3v) is 5.48. The van der Waals surface area contributed by atoms with Crippen LogP contribution in [0.3, 0.4) is 0 Å². The maximum atomic E-state index is 12.7. The van der Waals surface area contributed by atoms with E-state index in [1.807, 2.05) is 18.0 Å². The highest BCUT2D eigenvalue weighted by molar-refractivity contribution is 5.80. The van der Waals surface area contributed by atoms with Crippen molar-refractivity contribution >= 4 is 5.91 Å². The van der Waals surface area contributed by atoms with Crippen molar-refractivity contribution in [3.05, 3.63) is 35.9 Å². The predicted molar refractivity (Wildman–Crippen MR) is 94.6 cm³/mol. The van der Waals surface area contributed by atoms with Gasteiger partial charge >= 0.3 is 0 Å². The van der Waals surface area contributed by atoms with E-state index in [9.17, 15) is 4.79 Å². The molecule has 0 radical (unpaired) electrons. The molecule has 24 heavy (non-hydrogen) atoms. The molecular weight excluding hydrogens is 302 g/mol. The van der Waals surface area contributed by atoms with Crippen LogP contribution in [0.2, 0.25) is 0 Å². The Bertz CT molecular complexity index is 537. The van der Waals surface area contributed by atoms with Gasteiger partial charge in [-0.05, 0) is 38.4 Å². The van der Waals surface area contributed by atoms with E-state index in [4.69, 9.17) is 5.11 Å². The van der Waals surface area contributed by atoms with Crippen LogP contribution in [-0.4, -0.2) is 66.7 Å². The van der Waals surface area contributed by atoms with Crippen LogP contribution < -0.4 is 5.32 Å². The van der Waals surface area contributed by atoms with Crippen molar-refractivity contribution in [1.82, 2.24) is 15.1 Å². The summed E-state index contributed by atoms with van der Waals surface area (Å²) in [6.45, 7) is 3.33. The van der Waals surface area contributed by atoms with E-state index in [0.29, 0.717) is 25.2 Å². The smallest absolute Gasteiger partial charge is 0.224 e. The molecule has 132 valence electrons. The molecule has 3 rings (SSSR count). The fourth-order valence-corrected chi connectivity index (χ4v) is 4.24. The Morgan fingerprint density at radius 3 is 2.88 bits per heavy atom. The maximum Gasteiger partial charge on any atom is 0.224 e. The summed E-state index contributed by atoms with van der Waals surface area (Å²) < 4.78 is 0. The van der Waals surface area contributed by atoms with Gasteiger partial charge in [0.1, 0.15) is 0 Å². The highest BCUT2D eigenvalue weighted by Gasteiger charge is 2.46. The van der Waals surface area contributed by atoms with Gasteiger partial charge in [0.25, 0.3) is 0 Å². The number of hydrogen-bond donors (Lipinski definition) is 2. The fraction of sp³-hybridized carbons (Fsp3) is 0.632. The minimum atomic E-state index is 0.0980. The van der Waals surface area contributed by atoms with Crippen molar-refractivity contribution in [1.29, 1.82) is 0 Å². The molecule has 5 heteroatoms. The largest absolute Gasteiger partial charge is 0.395 e. The Kier molecular flexibility index (Phi) is 5.87. The molecule has 2 fully saturated rings. The summed E-state index contributed by atoms with van der Waals surface area (Å²) >= 11 is 0. The zero-order valence-corrected chi connectivity index (χ0v) is 14.5. The molecule has 0 spiro atoms. The van der Waals surface area contributed by atoms with E-state index in [-0.39, 0.29) is 18.4 Å². The van der Waals surface area contributed by atoms with Crippen molar-refractivity contribution in [3.63, 3.8) is 0 Å². The van der Waals surface area contributed by atoms with Gasteiger partial charge < -0.3 is 15.3 Å². The first-order valence-corrected chi connectivity index (χ1v) is 9.08. The number of carbonyl (C=O) groups is 1. The molecule has 0 aromatic heterocycles. The standard InChI is InChI=1S/C19H29N3O2/c1-21(12-13-23)11-9-20-19(24)16-14-18(15-6-3-2-4-7-15)22-10-5-8-17(16)22/h2-4,6-7,16-18,23H,5,8-14H2,1H3,(H,20,24)/t16-,17+,18-/m1/s1. The van der Waals surface area contributed by atoms with E-state index < -0.39 is 0 Å². The molecule has 3 atom stereocenters. The van der Waals surface area contributed by atoms with Gasteiger partial charge in [-0.15, -0.1) is 0 Å². The van der Waals surface area contributed by atoms with E-state index in [1.165, 1.54) is 12.0 Å². The average Bonchev–Trinajstić information content (AvgIpc) is 3.18. The number of aliphatic hydroxyl groups is 1. The van der Waals surface area contributed by atoms with Crippen molar-refractivity contribution in [2.75, 3.05) is 39.8 Å². The second-order valence-corrected chi connectivity index (χ2v) is 7.03. The van der Waals surface area contributed by atoms with E-state index in [1.54, 1.807) is 0 Å². The van der Waals surface area contributed by atoms with Gasteiger partial charge in [0.2, 0.25) is 5.91 Å². The molecule has 0 aliphatic carbocycles. The normalized spacial score (nSPS) is 26.7. The first-order chi connectivity index (χ1) is 11.7. The van der Waals surface area contributed by atoms with Crippen molar-refractivity contribution in [2.24, 2.45) is 5.92 Å². The third kappa shape index (κ3) is 3.79. The molecule has 0 bridgehead atoms. The molecule has 1 aromatic carbocycles. The van der Waals surface area contributed by atoms with Crippen LogP contribution in [0.5, 0.6) is 0 Å². The van der Waals surface area contributed by atoms with E-state index in [2.05, 4.69) is 34.5 Å². The number of benzene rings is 1. The highest BCUT2D eigenvalue weighted by atomic mass is 16.3. The molecule has 2 aliphatic rings. The van der Waals surface area contributed by atoms with Gasteiger partial charge in [0.05, 0.1) is 12.5 Å². The maximum absolute atomic E-state index is 12.7. The summed E-state index contributed by atoms with van der Waals surface area (Å²) in [5, 5.41) is 12.0. The molecule has 1 amide bonds. The number of rotatable bonds is 7. The third-order valence-electron chi connectivity index (χ3n) is 5.48. The number of fused-ring (bicyclic) bond motifs is 1. The zero-order chi connectivity index (χ0) is 16.9. The molecule has 2 N–H and O–H groups in total. The van der Waals surface area contributed by atoms with Gasteiger partial charge in [-0.2, -0.15) is 0 Å². The van der Waals surface area contributed by atoms with Crippen molar-refractivity contribution < 1.29 is 9.90 Å². The molecule has 1 aromatic rings. The van der Waals surface area contributed by atoms with E-state index >= 15 is 0 Å². The van der Waals surface area contributed by atoms with Crippen LogP contribution in [0, 0.1) is 5.92 Å². The molecule has 2 aliphatic heterocycles. The highest BCUT2D eigenvalue weighted by Crippen LogP contribution is 2.44. The molecule has 0 unspecified atom stereocenters. The van der Waals surface area contributed by atoms with Gasteiger partial charge in [0.15, 0.2) is 0 Å². The van der Waals surface area contributed by atoms with Gasteiger partial charge in [-0.25, -0.2) is 0 Å². The quantitative estimate of drug-likeness (QED) is 0.790. The van der Waals surface area contributed by atoms with Crippen LogP contribution >= 0.6 is 0 Å². The SMILES string of the molecule is CN(CCO)CCNC(=O)[C@@H]1C[C@H](c2ccccc2)N2CCC[C@@H]12. The lowest BCUT2D eigenvalue weighted by molar-refractivity contribution is -0.125. The first-order valence-electron chi connectivity index (χ1n) is 9.08. The monoisotopic (exact) mass is 331 g/mol. The first kappa shape index (κ1) is 17.4. The average molecular weight is 331 g/mol. The Labute approximate surface area is 144 Å². The number of hydrogen-bond acceptors (Lipinski definition) is 4. The van der Waals surface area contributed by atoms with Gasteiger partial charge in [0, 0.05) is 31.7 Å². The second-order valence-electron chi connectivity index (χ2n) is 7.03. The second kappa shape index (κ2) is 8.10. The van der Waals surface area contributed by atoms with Crippen molar-refractivity contribution in [3.8, 4) is 0 Å². The van der Waals surface area contributed by atoms with Gasteiger partial charge in [-0.1, -0.05) is 30.3 Å². The van der Waals surface area contributed by atoms with Crippen LogP contribution in [-0.2, 0) is 4.79 Å². The number of nitrogens with zero attached hydrogens (tertiary/aromatic N) is 2. The minimum absolute atomic E-state index is 0.0980. The Morgan fingerprint density at radius 1 is 1.33 bits per heavy atom. The molecule has 2 saturated heterocycles. The molecule has 0 saturated carbocycles. The number of carbonyl (C=O) groups excluding carboxylic acids is 1. The Balaban J connectivity index is 1.58. The van der Waals surface area contributed by atoms with Crippen LogP contribution in [0.4, 0.5) is 0 Å². The molecular formula is C19H29N3O2. The lowest BCUT2D eigenvalue weighted by Crippen LogP contribution is -2.40.